The first-order valence-electron chi connectivity index (χ1n) is 7.09. The molecule has 0 bridgehead atoms. The van der Waals surface area contributed by atoms with E-state index in [9.17, 15) is 0 Å². The molecular weight excluding hydrogens is 260 g/mol. The summed E-state index contributed by atoms with van der Waals surface area (Å²) in [6, 6.07) is 8.57. The highest BCUT2D eigenvalue weighted by molar-refractivity contribution is 6.09. The Morgan fingerprint density at radius 2 is 2.00 bits per heavy atom. The van der Waals surface area contributed by atoms with Crippen LogP contribution in [-0.4, -0.2) is 18.6 Å². The van der Waals surface area contributed by atoms with Crippen molar-refractivity contribution in [1.82, 2.24) is 10.3 Å². The third kappa shape index (κ3) is 2.00. The molecule has 110 valence electrons. The summed E-state index contributed by atoms with van der Waals surface area (Å²) in [5, 5.41) is 6.01. The Balaban J connectivity index is 0.00000132. The maximum Gasteiger partial charge on any atom is 0.119 e. The van der Waals surface area contributed by atoms with Crippen LogP contribution in [0.5, 0.6) is 5.75 Å². The first-order chi connectivity index (χ1) is 9.78. The molecule has 0 atom stereocenters. The molecule has 21 heavy (non-hydrogen) atoms. The SMILES string of the molecule is C.COc1ccc2[nH]c3c(C)c4c(cc3c2c1)CNCC4. The molecule has 2 heterocycles. The van der Waals surface area contributed by atoms with E-state index in [1.807, 2.05) is 6.07 Å². The van der Waals surface area contributed by atoms with Crippen molar-refractivity contribution in [2.75, 3.05) is 13.7 Å². The van der Waals surface area contributed by atoms with E-state index in [0.29, 0.717) is 0 Å². The van der Waals surface area contributed by atoms with Crippen molar-refractivity contribution in [3.63, 3.8) is 0 Å². The van der Waals surface area contributed by atoms with Gasteiger partial charge in [0, 0.05) is 28.4 Å². The number of aryl methyl sites for hydroxylation is 1. The molecule has 2 aromatic carbocycles. The summed E-state index contributed by atoms with van der Waals surface area (Å²) >= 11 is 0. The van der Waals surface area contributed by atoms with Gasteiger partial charge in [-0.05, 0) is 60.8 Å². The van der Waals surface area contributed by atoms with Crippen LogP contribution in [0.4, 0.5) is 0 Å². The van der Waals surface area contributed by atoms with Gasteiger partial charge in [-0.3, -0.25) is 0 Å². The summed E-state index contributed by atoms with van der Waals surface area (Å²) in [6.45, 7) is 4.29. The number of H-pyrrole nitrogens is 1. The molecule has 1 aromatic heterocycles. The zero-order valence-corrected chi connectivity index (χ0v) is 11.8. The van der Waals surface area contributed by atoms with E-state index >= 15 is 0 Å². The van der Waals surface area contributed by atoms with Crippen LogP contribution >= 0.6 is 0 Å². The fourth-order valence-corrected chi connectivity index (χ4v) is 3.36. The average molecular weight is 282 g/mol. The van der Waals surface area contributed by atoms with Crippen LogP contribution in [0.2, 0.25) is 0 Å². The summed E-state index contributed by atoms with van der Waals surface area (Å²) in [7, 11) is 1.72. The van der Waals surface area contributed by atoms with Gasteiger partial charge in [0.05, 0.1) is 7.11 Å². The van der Waals surface area contributed by atoms with E-state index in [4.69, 9.17) is 4.74 Å². The molecule has 0 radical (unpaired) electrons. The van der Waals surface area contributed by atoms with Crippen molar-refractivity contribution < 1.29 is 4.74 Å². The van der Waals surface area contributed by atoms with Crippen molar-refractivity contribution in [2.24, 2.45) is 0 Å². The van der Waals surface area contributed by atoms with Gasteiger partial charge in [-0.15, -0.1) is 0 Å². The van der Waals surface area contributed by atoms with E-state index in [-0.39, 0.29) is 7.43 Å². The minimum absolute atomic E-state index is 0. The van der Waals surface area contributed by atoms with Crippen molar-refractivity contribution in [3.8, 4) is 5.75 Å². The molecule has 3 heteroatoms. The zero-order valence-electron chi connectivity index (χ0n) is 11.8. The van der Waals surface area contributed by atoms with Gasteiger partial charge in [0.25, 0.3) is 0 Å². The second kappa shape index (κ2) is 5.08. The standard InChI is InChI=1S/C17H18N2O.CH4/c1-10-13-5-6-18-9-11(13)7-15-14-8-12(20-2)3-4-16(14)19-17(10)15;/h3-4,7-8,18-19H,5-6,9H2,1-2H3;1H4. The Bertz CT molecular complexity index is 817. The number of fused-ring (bicyclic) bond motifs is 4. The molecule has 0 spiro atoms. The Morgan fingerprint density at radius 1 is 1.14 bits per heavy atom. The van der Waals surface area contributed by atoms with Gasteiger partial charge >= 0.3 is 0 Å². The van der Waals surface area contributed by atoms with E-state index < -0.39 is 0 Å². The van der Waals surface area contributed by atoms with Crippen LogP contribution in [0.3, 0.4) is 0 Å². The second-order valence-electron chi connectivity index (χ2n) is 5.53. The molecule has 0 saturated heterocycles. The van der Waals surface area contributed by atoms with E-state index in [2.05, 4.69) is 35.4 Å². The third-order valence-corrected chi connectivity index (χ3v) is 4.45. The number of hydrogen-bond acceptors (Lipinski definition) is 2. The lowest BCUT2D eigenvalue weighted by atomic mass is 9.93. The van der Waals surface area contributed by atoms with Crippen LogP contribution in [-0.2, 0) is 13.0 Å². The first-order valence-corrected chi connectivity index (χ1v) is 7.09. The minimum Gasteiger partial charge on any atom is -0.497 e. The quantitative estimate of drug-likeness (QED) is 0.710. The number of aromatic amines is 1. The number of methoxy groups -OCH3 is 1. The van der Waals surface area contributed by atoms with Gasteiger partial charge in [-0.2, -0.15) is 0 Å². The molecule has 3 aromatic rings. The van der Waals surface area contributed by atoms with Crippen LogP contribution in [0.25, 0.3) is 21.8 Å². The third-order valence-electron chi connectivity index (χ3n) is 4.45. The fraction of sp³-hybridized carbons (Fsp3) is 0.333. The van der Waals surface area contributed by atoms with Crippen LogP contribution in [0.15, 0.2) is 24.3 Å². The zero-order chi connectivity index (χ0) is 13.7. The van der Waals surface area contributed by atoms with Gasteiger partial charge < -0.3 is 15.0 Å². The topological polar surface area (TPSA) is 37.0 Å². The smallest absolute Gasteiger partial charge is 0.119 e. The predicted octanol–water partition coefficient (Wildman–Crippen LogP) is 3.92. The van der Waals surface area contributed by atoms with Crippen LogP contribution in [0, 0.1) is 6.92 Å². The minimum atomic E-state index is 0. The van der Waals surface area contributed by atoms with Gasteiger partial charge in [0.15, 0.2) is 0 Å². The Labute approximate surface area is 125 Å². The molecule has 0 saturated carbocycles. The molecular formula is C18H22N2O. The fourth-order valence-electron chi connectivity index (χ4n) is 3.36. The number of ether oxygens (including phenoxy) is 1. The summed E-state index contributed by atoms with van der Waals surface area (Å²) in [5.41, 5.74) is 6.79. The molecule has 0 unspecified atom stereocenters. The number of aromatic nitrogens is 1. The number of nitrogens with one attached hydrogen (secondary N) is 2. The van der Waals surface area contributed by atoms with Gasteiger partial charge in [-0.25, -0.2) is 0 Å². The first kappa shape index (κ1) is 14.0. The molecule has 1 aliphatic rings. The van der Waals surface area contributed by atoms with E-state index in [1.165, 1.54) is 38.5 Å². The van der Waals surface area contributed by atoms with Crippen molar-refractivity contribution in [1.29, 1.82) is 0 Å². The molecule has 1 aliphatic heterocycles. The largest absolute Gasteiger partial charge is 0.497 e. The molecule has 0 fully saturated rings. The van der Waals surface area contributed by atoms with Crippen LogP contribution in [0.1, 0.15) is 24.1 Å². The second-order valence-corrected chi connectivity index (χ2v) is 5.53. The summed E-state index contributed by atoms with van der Waals surface area (Å²) < 4.78 is 5.36. The van der Waals surface area contributed by atoms with E-state index in [0.717, 1.165) is 25.3 Å². The number of rotatable bonds is 1. The molecule has 0 amide bonds. The lowest BCUT2D eigenvalue weighted by Crippen LogP contribution is -2.24. The summed E-state index contributed by atoms with van der Waals surface area (Å²) in [5.74, 6) is 0.909. The Kier molecular flexibility index (Phi) is 3.38. The average Bonchev–Trinajstić information content (AvgIpc) is 2.86. The number of benzene rings is 2. The summed E-state index contributed by atoms with van der Waals surface area (Å²) in [4.78, 5) is 3.57. The molecule has 2 N–H and O–H groups in total. The highest BCUT2D eigenvalue weighted by Crippen LogP contribution is 2.34. The highest BCUT2D eigenvalue weighted by Gasteiger charge is 2.16. The van der Waals surface area contributed by atoms with Gasteiger partial charge in [0.2, 0.25) is 0 Å². The molecule has 3 nitrogen and oxygen atoms in total. The highest BCUT2D eigenvalue weighted by atomic mass is 16.5. The van der Waals surface area contributed by atoms with Gasteiger partial charge in [0.1, 0.15) is 5.75 Å². The maximum absolute atomic E-state index is 5.36. The normalized spacial score (nSPS) is 14.0. The van der Waals surface area contributed by atoms with Gasteiger partial charge in [-0.1, -0.05) is 7.43 Å². The lowest BCUT2D eigenvalue weighted by Gasteiger charge is -2.19. The molecule has 0 aliphatic carbocycles. The summed E-state index contributed by atoms with van der Waals surface area (Å²) in [6.07, 6.45) is 1.12. The maximum atomic E-state index is 5.36. The number of hydrogen-bond donors (Lipinski definition) is 2. The van der Waals surface area contributed by atoms with Crippen molar-refractivity contribution in [3.05, 3.63) is 41.0 Å². The predicted molar refractivity (Wildman–Crippen MR) is 89.2 cm³/mol. The van der Waals surface area contributed by atoms with E-state index in [1.54, 1.807) is 7.11 Å². The van der Waals surface area contributed by atoms with Crippen LogP contribution < -0.4 is 10.1 Å². The molecule has 4 rings (SSSR count). The van der Waals surface area contributed by atoms with Crippen molar-refractivity contribution in [2.45, 2.75) is 27.3 Å². The Hall–Kier alpha value is -2.00. The monoisotopic (exact) mass is 282 g/mol. The Morgan fingerprint density at radius 3 is 2.81 bits per heavy atom. The van der Waals surface area contributed by atoms with Crippen molar-refractivity contribution >= 4 is 21.8 Å². The lowest BCUT2D eigenvalue weighted by molar-refractivity contribution is 0.415.